The van der Waals surface area contributed by atoms with Gasteiger partial charge in [0.2, 0.25) is 0 Å². The van der Waals surface area contributed by atoms with Gasteiger partial charge in [0, 0.05) is 16.7 Å². The van der Waals surface area contributed by atoms with Crippen LogP contribution in [0.1, 0.15) is 51.3 Å². The van der Waals surface area contributed by atoms with E-state index in [1.54, 1.807) is 6.07 Å². The quantitative estimate of drug-likeness (QED) is 0.711. The van der Waals surface area contributed by atoms with E-state index in [9.17, 15) is 4.39 Å². The van der Waals surface area contributed by atoms with Gasteiger partial charge in [-0.3, -0.25) is 0 Å². The van der Waals surface area contributed by atoms with Crippen LogP contribution >= 0.6 is 11.8 Å². The Kier molecular flexibility index (Phi) is 6.87. The summed E-state index contributed by atoms with van der Waals surface area (Å²) in [5, 5.41) is 3.44. The molecule has 0 amide bonds. The molecule has 0 radical (unpaired) electrons. The van der Waals surface area contributed by atoms with Gasteiger partial charge in [-0.05, 0) is 56.0 Å². The van der Waals surface area contributed by atoms with Gasteiger partial charge in [0.15, 0.2) is 0 Å². The fraction of sp³-hybridized carbons (Fsp3) is 0.625. The molecule has 1 N–H and O–H groups in total. The molecule has 1 nitrogen and oxygen atoms in total. The van der Waals surface area contributed by atoms with Gasteiger partial charge < -0.3 is 5.32 Å². The van der Waals surface area contributed by atoms with Crippen molar-refractivity contribution >= 4 is 11.8 Å². The SMILES string of the molecule is CCCNC(C)c1cc(F)c(C)cc1SCC(C)C. The molecule has 0 fully saturated rings. The van der Waals surface area contributed by atoms with Gasteiger partial charge in [-0.15, -0.1) is 11.8 Å². The Morgan fingerprint density at radius 2 is 1.95 bits per heavy atom. The van der Waals surface area contributed by atoms with E-state index < -0.39 is 0 Å². The summed E-state index contributed by atoms with van der Waals surface area (Å²) in [7, 11) is 0. The van der Waals surface area contributed by atoms with Crippen molar-refractivity contribution in [1.29, 1.82) is 0 Å². The molecule has 1 atom stereocenters. The normalized spacial score (nSPS) is 13.0. The van der Waals surface area contributed by atoms with E-state index in [0.717, 1.165) is 29.8 Å². The molecule has 0 saturated carbocycles. The molecule has 1 aromatic carbocycles. The molecule has 1 unspecified atom stereocenters. The summed E-state index contributed by atoms with van der Waals surface area (Å²) in [6, 6.07) is 3.89. The van der Waals surface area contributed by atoms with E-state index in [0.29, 0.717) is 5.92 Å². The van der Waals surface area contributed by atoms with E-state index in [2.05, 4.69) is 33.0 Å². The van der Waals surface area contributed by atoms with Crippen molar-refractivity contribution in [1.82, 2.24) is 5.32 Å². The lowest BCUT2D eigenvalue weighted by atomic mass is 10.1. The van der Waals surface area contributed by atoms with Crippen molar-refractivity contribution in [3.8, 4) is 0 Å². The van der Waals surface area contributed by atoms with Crippen molar-refractivity contribution in [2.75, 3.05) is 12.3 Å². The molecule has 19 heavy (non-hydrogen) atoms. The molecule has 0 saturated heterocycles. The van der Waals surface area contributed by atoms with Crippen molar-refractivity contribution in [3.05, 3.63) is 29.1 Å². The van der Waals surface area contributed by atoms with Gasteiger partial charge in [0.25, 0.3) is 0 Å². The van der Waals surface area contributed by atoms with Crippen molar-refractivity contribution < 1.29 is 4.39 Å². The van der Waals surface area contributed by atoms with E-state index in [1.165, 1.54) is 4.90 Å². The molecule has 0 aliphatic rings. The van der Waals surface area contributed by atoms with E-state index in [-0.39, 0.29) is 11.9 Å². The molecule has 0 heterocycles. The van der Waals surface area contributed by atoms with E-state index >= 15 is 0 Å². The highest BCUT2D eigenvalue weighted by Crippen LogP contribution is 2.31. The third-order valence-electron chi connectivity index (χ3n) is 3.03. The second-order valence-electron chi connectivity index (χ2n) is 5.52. The molecule has 0 bridgehead atoms. The largest absolute Gasteiger partial charge is 0.310 e. The van der Waals surface area contributed by atoms with E-state index in [4.69, 9.17) is 0 Å². The summed E-state index contributed by atoms with van der Waals surface area (Å²) in [5.41, 5.74) is 1.82. The second-order valence-corrected chi connectivity index (χ2v) is 6.58. The molecule has 108 valence electrons. The predicted molar refractivity (Wildman–Crippen MR) is 83.4 cm³/mol. The summed E-state index contributed by atoms with van der Waals surface area (Å²) in [4.78, 5) is 1.21. The number of aryl methyl sites for hydroxylation is 1. The molecule has 0 aromatic heterocycles. The number of halogens is 1. The van der Waals surface area contributed by atoms with Crippen LogP contribution in [0.5, 0.6) is 0 Å². The zero-order valence-corrected chi connectivity index (χ0v) is 13.5. The zero-order chi connectivity index (χ0) is 14.4. The molecule has 3 heteroatoms. The monoisotopic (exact) mass is 283 g/mol. The molecular formula is C16H26FNS. The van der Waals surface area contributed by atoms with Gasteiger partial charge >= 0.3 is 0 Å². The zero-order valence-electron chi connectivity index (χ0n) is 12.7. The lowest BCUT2D eigenvalue weighted by Crippen LogP contribution is -2.20. The molecule has 1 rings (SSSR count). The van der Waals surface area contributed by atoms with Crippen molar-refractivity contribution in [2.24, 2.45) is 5.92 Å². The van der Waals surface area contributed by atoms with E-state index in [1.807, 2.05) is 24.8 Å². The maximum Gasteiger partial charge on any atom is 0.126 e. The Morgan fingerprint density at radius 1 is 1.26 bits per heavy atom. The minimum atomic E-state index is -0.103. The highest BCUT2D eigenvalue weighted by molar-refractivity contribution is 7.99. The highest BCUT2D eigenvalue weighted by Gasteiger charge is 2.14. The maximum absolute atomic E-state index is 13.8. The number of hydrogen-bond acceptors (Lipinski definition) is 2. The summed E-state index contributed by atoms with van der Waals surface area (Å²) in [6.07, 6.45) is 1.09. The van der Waals surface area contributed by atoms with Gasteiger partial charge in [-0.25, -0.2) is 4.39 Å². The van der Waals surface area contributed by atoms with Crippen LogP contribution in [0.4, 0.5) is 4.39 Å². The molecule has 0 aliphatic heterocycles. The molecule has 0 aliphatic carbocycles. The fourth-order valence-corrected chi connectivity index (χ4v) is 3.04. The van der Waals surface area contributed by atoms with Gasteiger partial charge in [0.05, 0.1) is 0 Å². The third-order valence-corrected chi connectivity index (χ3v) is 4.53. The number of hydrogen-bond donors (Lipinski definition) is 1. The fourth-order valence-electron chi connectivity index (χ4n) is 1.86. The van der Waals surface area contributed by atoms with Gasteiger partial charge in [-0.1, -0.05) is 20.8 Å². The van der Waals surface area contributed by atoms with Crippen LogP contribution in [0, 0.1) is 18.7 Å². The first-order valence-electron chi connectivity index (χ1n) is 7.11. The first kappa shape index (κ1) is 16.5. The van der Waals surface area contributed by atoms with Crippen LogP contribution in [0.2, 0.25) is 0 Å². The van der Waals surface area contributed by atoms with Crippen LogP contribution in [-0.4, -0.2) is 12.3 Å². The Bertz CT molecular complexity index is 404. The first-order chi connectivity index (χ1) is 8.95. The molecular weight excluding hydrogens is 257 g/mol. The Labute approximate surface area is 121 Å². The minimum Gasteiger partial charge on any atom is -0.310 e. The second kappa shape index (κ2) is 7.91. The van der Waals surface area contributed by atoms with Gasteiger partial charge in [0.1, 0.15) is 5.82 Å². The smallest absolute Gasteiger partial charge is 0.126 e. The number of nitrogens with one attached hydrogen (secondary N) is 1. The van der Waals surface area contributed by atoms with Crippen LogP contribution < -0.4 is 5.32 Å². The molecule has 0 spiro atoms. The van der Waals surface area contributed by atoms with Crippen LogP contribution in [0.25, 0.3) is 0 Å². The van der Waals surface area contributed by atoms with Crippen molar-refractivity contribution in [2.45, 2.75) is 52.0 Å². The highest BCUT2D eigenvalue weighted by atomic mass is 32.2. The summed E-state index contributed by atoms with van der Waals surface area (Å²) in [6.45, 7) is 11.5. The van der Waals surface area contributed by atoms with Gasteiger partial charge in [-0.2, -0.15) is 0 Å². The Morgan fingerprint density at radius 3 is 2.53 bits per heavy atom. The lowest BCUT2D eigenvalue weighted by Gasteiger charge is -2.19. The average Bonchev–Trinajstić information content (AvgIpc) is 2.36. The standard InChI is InChI=1S/C16H26FNS/c1-6-7-18-13(5)14-9-15(17)12(4)8-16(14)19-10-11(2)3/h8-9,11,13,18H,6-7,10H2,1-5H3. The van der Waals surface area contributed by atoms with Crippen LogP contribution in [0.15, 0.2) is 17.0 Å². The van der Waals surface area contributed by atoms with Crippen molar-refractivity contribution in [3.63, 3.8) is 0 Å². The first-order valence-corrected chi connectivity index (χ1v) is 8.10. The Hall–Kier alpha value is -0.540. The van der Waals surface area contributed by atoms with Crippen LogP contribution in [0.3, 0.4) is 0 Å². The lowest BCUT2D eigenvalue weighted by molar-refractivity contribution is 0.552. The average molecular weight is 283 g/mol. The summed E-state index contributed by atoms with van der Waals surface area (Å²) < 4.78 is 13.8. The topological polar surface area (TPSA) is 12.0 Å². The maximum atomic E-state index is 13.8. The minimum absolute atomic E-state index is 0.103. The third kappa shape index (κ3) is 5.15. The number of thioether (sulfide) groups is 1. The number of rotatable bonds is 7. The summed E-state index contributed by atoms with van der Waals surface area (Å²) >= 11 is 1.83. The Balaban J connectivity index is 2.94. The predicted octanol–water partition coefficient (Wildman–Crippen LogP) is 4.94. The number of benzene rings is 1. The molecule has 1 aromatic rings. The summed E-state index contributed by atoms with van der Waals surface area (Å²) in [5.74, 6) is 1.61. The van der Waals surface area contributed by atoms with Crippen LogP contribution in [-0.2, 0) is 0 Å².